The molecule has 2 aromatic rings. The van der Waals surface area contributed by atoms with Crippen molar-refractivity contribution in [2.45, 2.75) is 13.8 Å². The highest BCUT2D eigenvalue weighted by Gasteiger charge is 2.21. The van der Waals surface area contributed by atoms with Gasteiger partial charge < -0.3 is 19.3 Å². The summed E-state index contributed by atoms with van der Waals surface area (Å²) in [5, 5.41) is 8.65. The smallest absolute Gasteiger partial charge is 0.246 e. The molecule has 1 aliphatic heterocycles. The Hall–Kier alpha value is -3.46. The second kappa shape index (κ2) is 9.84. The first-order valence-corrected chi connectivity index (χ1v) is 9.99. The molecule has 156 valence electrons. The number of rotatable bonds is 6. The highest BCUT2D eigenvalue weighted by Crippen LogP contribution is 2.28. The lowest BCUT2D eigenvalue weighted by molar-refractivity contribution is -0.126. The third-order valence-electron chi connectivity index (χ3n) is 5.41. The van der Waals surface area contributed by atoms with E-state index in [4.69, 9.17) is 14.7 Å². The van der Waals surface area contributed by atoms with Crippen molar-refractivity contribution >= 4 is 17.7 Å². The van der Waals surface area contributed by atoms with E-state index >= 15 is 0 Å². The average molecular weight is 405 g/mol. The number of carbonyl (C=O) groups excluding carboxylic acids is 1. The molecule has 0 N–H and O–H groups in total. The predicted octanol–water partition coefficient (Wildman–Crippen LogP) is 3.58. The van der Waals surface area contributed by atoms with Gasteiger partial charge in [-0.1, -0.05) is 18.2 Å². The molecule has 0 bridgehead atoms. The molecule has 1 amide bonds. The maximum absolute atomic E-state index is 12.6. The molecule has 0 aliphatic carbocycles. The molecule has 0 radical (unpaired) electrons. The Kier molecular flexibility index (Phi) is 6.97. The Morgan fingerprint density at radius 3 is 2.60 bits per heavy atom. The number of amides is 1. The van der Waals surface area contributed by atoms with Crippen molar-refractivity contribution in [2.75, 3.05) is 44.8 Å². The number of hydrogen-bond acceptors (Lipinski definition) is 5. The summed E-state index contributed by atoms with van der Waals surface area (Å²) in [6.45, 7) is 7.27. The Morgan fingerprint density at radius 2 is 1.90 bits per heavy atom. The van der Waals surface area contributed by atoms with Gasteiger partial charge >= 0.3 is 0 Å². The minimum absolute atomic E-state index is 0.000567. The predicted molar refractivity (Wildman–Crippen MR) is 118 cm³/mol. The van der Waals surface area contributed by atoms with Crippen LogP contribution in [0, 0.1) is 25.2 Å². The van der Waals surface area contributed by atoms with E-state index in [1.807, 2.05) is 17.0 Å². The van der Waals surface area contributed by atoms with E-state index < -0.39 is 0 Å². The fourth-order valence-electron chi connectivity index (χ4n) is 3.54. The third-order valence-corrected chi connectivity index (χ3v) is 5.41. The standard InChI is InChI=1S/C24H27N3O3/c1-18-5-4-6-21(19(18)2)26-12-14-27(15-13-26)24(28)10-8-20-7-9-22(30-16-11-25)23(17-20)29-3/h4-10,17H,12-16H2,1-3H3. The molecule has 1 fully saturated rings. The molecule has 0 aromatic heterocycles. The summed E-state index contributed by atoms with van der Waals surface area (Å²) in [7, 11) is 1.54. The van der Waals surface area contributed by atoms with Crippen molar-refractivity contribution < 1.29 is 14.3 Å². The van der Waals surface area contributed by atoms with Crippen LogP contribution in [0.5, 0.6) is 11.5 Å². The number of anilines is 1. The summed E-state index contributed by atoms with van der Waals surface area (Å²) < 4.78 is 10.6. The van der Waals surface area contributed by atoms with E-state index in [1.54, 1.807) is 31.4 Å². The zero-order valence-electron chi connectivity index (χ0n) is 17.7. The maximum Gasteiger partial charge on any atom is 0.246 e. The molecule has 3 rings (SSSR count). The summed E-state index contributed by atoms with van der Waals surface area (Å²) in [5.74, 6) is 1.03. The number of piperazine rings is 1. The van der Waals surface area contributed by atoms with E-state index in [0.29, 0.717) is 24.6 Å². The number of ether oxygens (including phenoxy) is 2. The van der Waals surface area contributed by atoms with Crippen molar-refractivity contribution in [1.82, 2.24) is 4.90 Å². The van der Waals surface area contributed by atoms with Gasteiger partial charge in [0.15, 0.2) is 18.1 Å². The van der Waals surface area contributed by atoms with Gasteiger partial charge in [-0.25, -0.2) is 0 Å². The van der Waals surface area contributed by atoms with Crippen LogP contribution >= 0.6 is 0 Å². The number of hydrogen-bond donors (Lipinski definition) is 0. The fraction of sp³-hybridized carbons (Fsp3) is 0.333. The Labute approximate surface area is 177 Å². The third kappa shape index (κ3) is 4.93. The number of aryl methyl sites for hydroxylation is 1. The summed E-state index contributed by atoms with van der Waals surface area (Å²) in [5.41, 5.74) is 4.67. The van der Waals surface area contributed by atoms with Gasteiger partial charge in [0, 0.05) is 37.9 Å². The van der Waals surface area contributed by atoms with Crippen molar-refractivity contribution in [3.8, 4) is 17.6 Å². The highest BCUT2D eigenvalue weighted by atomic mass is 16.5. The molecule has 0 spiro atoms. The molecule has 2 aromatic carbocycles. The van der Waals surface area contributed by atoms with Crippen molar-refractivity contribution in [3.63, 3.8) is 0 Å². The zero-order chi connectivity index (χ0) is 21.5. The van der Waals surface area contributed by atoms with Crippen LogP contribution in [0.15, 0.2) is 42.5 Å². The quantitative estimate of drug-likeness (QED) is 0.688. The number of methoxy groups -OCH3 is 1. The van der Waals surface area contributed by atoms with Crippen LogP contribution in [0.3, 0.4) is 0 Å². The molecule has 30 heavy (non-hydrogen) atoms. The normalized spacial score (nSPS) is 13.9. The second-order valence-electron chi connectivity index (χ2n) is 7.22. The van der Waals surface area contributed by atoms with Crippen molar-refractivity contribution in [3.05, 3.63) is 59.2 Å². The molecule has 1 aliphatic rings. The Bertz CT molecular complexity index is 970. The van der Waals surface area contributed by atoms with E-state index in [1.165, 1.54) is 16.8 Å². The van der Waals surface area contributed by atoms with Gasteiger partial charge in [-0.3, -0.25) is 4.79 Å². The van der Waals surface area contributed by atoms with Crippen LogP contribution < -0.4 is 14.4 Å². The highest BCUT2D eigenvalue weighted by molar-refractivity contribution is 5.92. The van der Waals surface area contributed by atoms with Gasteiger partial charge in [-0.2, -0.15) is 5.26 Å². The van der Waals surface area contributed by atoms with Crippen LogP contribution in [0.2, 0.25) is 0 Å². The molecule has 6 nitrogen and oxygen atoms in total. The van der Waals surface area contributed by atoms with Crippen LogP contribution in [-0.4, -0.2) is 50.7 Å². The Morgan fingerprint density at radius 1 is 1.13 bits per heavy atom. The van der Waals surface area contributed by atoms with Crippen LogP contribution in [-0.2, 0) is 4.79 Å². The van der Waals surface area contributed by atoms with E-state index in [0.717, 1.165) is 18.7 Å². The molecule has 1 saturated heterocycles. The molecule has 6 heteroatoms. The first-order valence-electron chi connectivity index (χ1n) is 9.99. The van der Waals surface area contributed by atoms with Gasteiger partial charge in [-0.15, -0.1) is 0 Å². The largest absolute Gasteiger partial charge is 0.493 e. The van der Waals surface area contributed by atoms with Gasteiger partial charge in [0.1, 0.15) is 6.07 Å². The minimum atomic E-state index is -0.0436. The second-order valence-corrected chi connectivity index (χ2v) is 7.22. The van der Waals surface area contributed by atoms with Gasteiger partial charge in [0.2, 0.25) is 5.91 Å². The number of nitriles is 1. The van der Waals surface area contributed by atoms with E-state index in [-0.39, 0.29) is 12.5 Å². The lowest BCUT2D eigenvalue weighted by atomic mass is 10.1. The zero-order valence-corrected chi connectivity index (χ0v) is 17.7. The molecule has 0 atom stereocenters. The van der Waals surface area contributed by atoms with E-state index in [9.17, 15) is 4.79 Å². The summed E-state index contributed by atoms with van der Waals surface area (Å²) in [6, 6.07) is 13.7. The maximum atomic E-state index is 12.6. The van der Waals surface area contributed by atoms with Crippen molar-refractivity contribution in [2.24, 2.45) is 0 Å². The van der Waals surface area contributed by atoms with Gasteiger partial charge in [0.05, 0.1) is 7.11 Å². The minimum Gasteiger partial charge on any atom is -0.493 e. The number of nitrogens with zero attached hydrogens (tertiary/aromatic N) is 3. The SMILES string of the molecule is COc1cc(C=CC(=O)N2CCN(c3cccc(C)c3C)CC2)ccc1OCC#N. The average Bonchev–Trinajstić information content (AvgIpc) is 2.78. The molecular weight excluding hydrogens is 378 g/mol. The lowest BCUT2D eigenvalue weighted by Gasteiger charge is -2.36. The van der Waals surface area contributed by atoms with Gasteiger partial charge in [0.25, 0.3) is 0 Å². The fourth-order valence-corrected chi connectivity index (χ4v) is 3.54. The van der Waals surface area contributed by atoms with Crippen LogP contribution in [0.1, 0.15) is 16.7 Å². The number of benzene rings is 2. The monoisotopic (exact) mass is 405 g/mol. The van der Waals surface area contributed by atoms with Crippen LogP contribution in [0.25, 0.3) is 6.08 Å². The summed E-state index contributed by atoms with van der Waals surface area (Å²) in [4.78, 5) is 16.8. The molecular formula is C24H27N3O3. The van der Waals surface area contributed by atoms with Gasteiger partial charge in [-0.05, 0) is 54.8 Å². The number of carbonyl (C=O) groups is 1. The summed E-state index contributed by atoms with van der Waals surface area (Å²) >= 11 is 0. The lowest BCUT2D eigenvalue weighted by Crippen LogP contribution is -2.48. The molecule has 0 unspecified atom stereocenters. The topological polar surface area (TPSA) is 65.8 Å². The van der Waals surface area contributed by atoms with Crippen LogP contribution in [0.4, 0.5) is 5.69 Å². The van der Waals surface area contributed by atoms with E-state index in [2.05, 4.69) is 36.9 Å². The Balaban J connectivity index is 1.60. The van der Waals surface area contributed by atoms with Crippen molar-refractivity contribution in [1.29, 1.82) is 5.26 Å². The first-order chi connectivity index (χ1) is 14.5. The first kappa shape index (κ1) is 21.3. The summed E-state index contributed by atoms with van der Waals surface area (Å²) in [6.07, 6.45) is 3.37. The molecule has 0 saturated carbocycles. The molecule has 1 heterocycles.